The maximum absolute atomic E-state index is 11.9. The summed E-state index contributed by atoms with van der Waals surface area (Å²) in [4.78, 5) is 13.4. The Kier molecular flexibility index (Phi) is 5.79. The summed E-state index contributed by atoms with van der Waals surface area (Å²) in [5.41, 5.74) is 2.14. The van der Waals surface area contributed by atoms with Crippen LogP contribution in [-0.4, -0.2) is 49.4 Å². The van der Waals surface area contributed by atoms with E-state index in [4.69, 9.17) is 13.9 Å². The molecule has 6 nitrogen and oxygen atoms in total. The highest BCUT2D eigenvalue weighted by Gasteiger charge is 2.42. The molecule has 1 aromatic carbocycles. The molecule has 2 atom stereocenters. The van der Waals surface area contributed by atoms with Crippen LogP contribution in [0.2, 0.25) is 18.1 Å². The molecular formula is C22H35NO5Si. The van der Waals surface area contributed by atoms with Gasteiger partial charge in [-0.05, 0) is 42.2 Å². The van der Waals surface area contributed by atoms with Gasteiger partial charge in [0.15, 0.2) is 8.32 Å². The van der Waals surface area contributed by atoms with E-state index >= 15 is 0 Å². The van der Waals surface area contributed by atoms with Crippen molar-refractivity contribution in [2.45, 2.75) is 83.5 Å². The van der Waals surface area contributed by atoms with Crippen LogP contribution in [0.25, 0.3) is 0 Å². The first-order valence-electron chi connectivity index (χ1n) is 10.4. The predicted octanol–water partition coefficient (Wildman–Crippen LogP) is 5.19. The number of hydrogen-bond donors (Lipinski definition) is 1. The maximum Gasteiger partial charge on any atom is 0.407 e. The molecule has 2 heterocycles. The molecule has 3 rings (SSSR count). The maximum atomic E-state index is 11.9. The number of nitrogens with zero attached hydrogens (tertiary/aromatic N) is 1. The molecule has 0 saturated carbocycles. The molecule has 2 aliphatic heterocycles. The molecule has 0 aliphatic carbocycles. The van der Waals surface area contributed by atoms with Gasteiger partial charge in [-0.3, -0.25) is 0 Å². The number of amides is 1. The highest BCUT2D eigenvalue weighted by Crippen LogP contribution is 2.41. The molecule has 0 radical (unpaired) electrons. The lowest BCUT2D eigenvalue weighted by Gasteiger charge is -2.38. The van der Waals surface area contributed by atoms with E-state index in [0.717, 1.165) is 23.3 Å². The van der Waals surface area contributed by atoms with Crippen LogP contribution in [0, 0.1) is 0 Å². The van der Waals surface area contributed by atoms with E-state index in [-0.39, 0.29) is 17.0 Å². The van der Waals surface area contributed by atoms with Crippen molar-refractivity contribution >= 4 is 14.4 Å². The molecule has 7 heteroatoms. The zero-order valence-electron chi connectivity index (χ0n) is 18.7. The minimum Gasteiger partial charge on any atom is -0.465 e. The second-order valence-corrected chi connectivity index (χ2v) is 15.0. The highest BCUT2D eigenvalue weighted by molar-refractivity contribution is 6.74. The van der Waals surface area contributed by atoms with E-state index in [0.29, 0.717) is 19.8 Å². The molecule has 1 saturated heterocycles. The molecule has 2 aliphatic rings. The normalized spacial score (nSPS) is 24.2. The van der Waals surface area contributed by atoms with Gasteiger partial charge in [-0.15, -0.1) is 0 Å². The first-order chi connectivity index (χ1) is 13.3. The van der Waals surface area contributed by atoms with Crippen molar-refractivity contribution in [1.82, 2.24) is 4.90 Å². The largest absolute Gasteiger partial charge is 0.465 e. The third-order valence-electron chi connectivity index (χ3n) is 6.66. The Morgan fingerprint density at radius 2 is 2.03 bits per heavy atom. The topological polar surface area (TPSA) is 68.2 Å². The second kappa shape index (κ2) is 7.60. The number of rotatable bonds is 4. The average Bonchev–Trinajstić information content (AvgIpc) is 3.02. The van der Waals surface area contributed by atoms with Crippen LogP contribution in [0.3, 0.4) is 0 Å². The van der Waals surface area contributed by atoms with Gasteiger partial charge in [-0.25, -0.2) is 4.79 Å². The highest BCUT2D eigenvalue weighted by atomic mass is 28.4. The van der Waals surface area contributed by atoms with Crippen LogP contribution < -0.4 is 4.74 Å². The lowest BCUT2D eigenvalue weighted by Crippen LogP contribution is -2.46. The fourth-order valence-electron chi connectivity index (χ4n) is 3.78. The standard InChI is InChI=1S/C22H35NO5Si/c1-21(2,3)29(6,7)27-14-18-17(10-11-23(18)20(24)25)15-8-9-19-16(12-15)13-26-22(4,5)28-19/h8-9,12,17-18H,10-11,13-14H2,1-7H3,(H,24,25). The van der Waals surface area contributed by atoms with E-state index in [2.05, 4.69) is 46.0 Å². The molecule has 1 aromatic rings. The van der Waals surface area contributed by atoms with Gasteiger partial charge in [-0.1, -0.05) is 26.8 Å². The summed E-state index contributed by atoms with van der Waals surface area (Å²) in [6.45, 7) is 16.3. The number of fused-ring (bicyclic) bond motifs is 1. The molecule has 1 amide bonds. The van der Waals surface area contributed by atoms with Crippen LogP contribution in [0.1, 0.15) is 58.1 Å². The van der Waals surface area contributed by atoms with E-state index < -0.39 is 20.2 Å². The van der Waals surface area contributed by atoms with Gasteiger partial charge in [0.25, 0.3) is 0 Å². The number of hydrogen-bond acceptors (Lipinski definition) is 4. The lowest BCUT2D eigenvalue weighted by molar-refractivity contribution is -0.180. The van der Waals surface area contributed by atoms with E-state index in [9.17, 15) is 9.90 Å². The summed E-state index contributed by atoms with van der Waals surface area (Å²) in [6.07, 6.45) is -0.0770. The van der Waals surface area contributed by atoms with Crippen LogP contribution in [0.5, 0.6) is 5.75 Å². The van der Waals surface area contributed by atoms with Gasteiger partial charge in [0.1, 0.15) is 5.75 Å². The summed E-state index contributed by atoms with van der Waals surface area (Å²) in [7, 11) is -1.97. The van der Waals surface area contributed by atoms with Gasteiger partial charge in [-0.2, -0.15) is 0 Å². The van der Waals surface area contributed by atoms with E-state index in [1.165, 1.54) is 0 Å². The van der Waals surface area contributed by atoms with Gasteiger partial charge in [0.05, 0.1) is 19.3 Å². The number of benzene rings is 1. The van der Waals surface area contributed by atoms with Crippen molar-refractivity contribution in [2.75, 3.05) is 13.2 Å². The molecule has 1 fully saturated rings. The number of likely N-dealkylation sites (tertiary alicyclic amines) is 1. The minimum atomic E-state index is -1.97. The van der Waals surface area contributed by atoms with Gasteiger partial charge in [0.2, 0.25) is 5.79 Å². The number of carbonyl (C=O) groups is 1. The summed E-state index contributed by atoms with van der Waals surface area (Å²) in [5, 5.41) is 9.81. The van der Waals surface area contributed by atoms with Crippen molar-refractivity contribution in [1.29, 1.82) is 0 Å². The predicted molar refractivity (Wildman–Crippen MR) is 115 cm³/mol. The first-order valence-corrected chi connectivity index (χ1v) is 13.3. The Labute approximate surface area is 175 Å². The number of ether oxygens (including phenoxy) is 2. The first kappa shape index (κ1) is 22.1. The zero-order valence-corrected chi connectivity index (χ0v) is 19.7. The Morgan fingerprint density at radius 3 is 2.66 bits per heavy atom. The SMILES string of the molecule is CC1(C)OCc2cc(C3CCN(C(=O)O)C3CO[Si](C)(C)C(C)(C)C)ccc2O1. The van der Waals surface area contributed by atoms with Crippen LogP contribution in [0.4, 0.5) is 4.79 Å². The Hall–Kier alpha value is -1.57. The van der Waals surface area contributed by atoms with Gasteiger partial charge < -0.3 is 23.9 Å². The summed E-state index contributed by atoms with van der Waals surface area (Å²) in [5.74, 6) is 0.324. The molecular weight excluding hydrogens is 386 g/mol. The smallest absolute Gasteiger partial charge is 0.407 e. The average molecular weight is 422 g/mol. The van der Waals surface area contributed by atoms with Crippen molar-refractivity contribution in [3.05, 3.63) is 29.3 Å². The Bertz CT molecular complexity index is 771. The molecule has 0 spiro atoms. The second-order valence-electron chi connectivity index (χ2n) is 10.2. The third kappa shape index (κ3) is 4.62. The van der Waals surface area contributed by atoms with Crippen LogP contribution in [0.15, 0.2) is 18.2 Å². The fourth-order valence-corrected chi connectivity index (χ4v) is 4.80. The fraction of sp³-hybridized carbons (Fsp3) is 0.682. The lowest BCUT2D eigenvalue weighted by atomic mass is 9.90. The summed E-state index contributed by atoms with van der Waals surface area (Å²) >= 11 is 0. The minimum absolute atomic E-state index is 0.0858. The summed E-state index contributed by atoms with van der Waals surface area (Å²) < 4.78 is 18.1. The van der Waals surface area contributed by atoms with Crippen molar-refractivity contribution in [3.8, 4) is 5.75 Å². The zero-order chi connectivity index (χ0) is 21.6. The van der Waals surface area contributed by atoms with Crippen molar-refractivity contribution in [3.63, 3.8) is 0 Å². The summed E-state index contributed by atoms with van der Waals surface area (Å²) in [6, 6.07) is 5.99. The molecule has 0 aromatic heterocycles. The molecule has 2 unspecified atom stereocenters. The molecule has 0 bridgehead atoms. The van der Waals surface area contributed by atoms with E-state index in [1.807, 2.05) is 19.9 Å². The molecule has 1 N–H and O–H groups in total. The third-order valence-corrected chi connectivity index (χ3v) is 11.2. The quantitative estimate of drug-likeness (QED) is 0.678. The van der Waals surface area contributed by atoms with Gasteiger partial charge in [0, 0.05) is 31.9 Å². The molecule has 162 valence electrons. The van der Waals surface area contributed by atoms with E-state index in [1.54, 1.807) is 4.90 Å². The number of carboxylic acid groups (broad SMARTS) is 1. The molecule has 29 heavy (non-hydrogen) atoms. The Balaban J connectivity index is 1.83. The van der Waals surface area contributed by atoms with Crippen molar-refractivity contribution < 1.29 is 23.8 Å². The van der Waals surface area contributed by atoms with Crippen molar-refractivity contribution in [2.24, 2.45) is 0 Å². The van der Waals surface area contributed by atoms with Crippen LogP contribution in [-0.2, 0) is 15.8 Å². The Morgan fingerprint density at radius 1 is 1.34 bits per heavy atom. The monoisotopic (exact) mass is 421 g/mol. The van der Waals surface area contributed by atoms with Gasteiger partial charge >= 0.3 is 6.09 Å². The van der Waals surface area contributed by atoms with Crippen LogP contribution >= 0.6 is 0 Å².